The van der Waals surface area contributed by atoms with Crippen LogP contribution in [0.3, 0.4) is 0 Å². The molecule has 0 radical (unpaired) electrons. The van der Waals surface area contributed by atoms with E-state index < -0.39 is 0 Å². The topological polar surface area (TPSA) is 0 Å². The molecule has 8 aromatic carbocycles. The first-order valence-corrected chi connectivity index (χ1v) is 20.8. The van der Waals surface area contributed by atoms with E-state index in [1.165, 1.54) is 110 Å². The normalized spacial score (nSPS) is 12.6. The van der Waals surface area contributed by atoms with Gasteiger partial charge in [-0.05, 0) is 137 Å². The van der Waals surface area contributed by atoms with Crippen LogP contribution >= 0.6 is 0 Å². The first-order valence-electron chi connectivity index (χ1n) is 20.8. The SMILES string of the molecule is Cc1ccc(-c2c3ccc(C)cc3c(-c3ccc(C(C)(C)C)cc3)c3c(-c4ccc(C(C)(C)C)cc4)c4ccc(C(C)(C)C)cc4c(-c4ccc(C)cc4)c23)cc1. The van der Waals surface area contributed by atoms with Crippen LogP contribution in [0.15, 0.2) is 133 Å². The Kier molecular flexibility index (Phi) is 9.35. The molecule has 0 heteroatoms. The molecule has 0 atom stereocenters. The minimum atomic E-state index is -0.0249. The van der Waals surface area contributed by atoms with E-state index in [-0.39, 0.29) is 16.2 Å². The van der Waals surface area contributed by atoms with Gasteiger partial charge in [0, 0.05) is 0 Å². The molecule has 8 aromatic rings. The van der Waals surface area contributed by atoms with Crippen molar-refractivity contribution in [3.63, 3.8) is 0 Å². The lowest BCUT2D eigenvalue weighted by Gasteiger charge is -2.27. The number of aryl methyl sites for hydroxylation is 3. The van der Waals surface area contributed by atoms with Crippen molar-refractivity contribution in [3.05, 3.63) is 167 Å². The highest BCUT2D eigenvalue weighted by atomic mass is 14.3. The van der Waals surface area contributed by atoms with E-state index in [9.17, 15) is 0 Å². The average molecular weight is 743 g/mol. The molecule has 0 amide bonds. The predicted octanol–water partition coefficient (Wildman–Crippen LogP) is 16.6. The highest BCUT2D eigenvalue weighted by Crippen LogP contribution is 2.54. The van der Waals surface area contributed by atoms with E-state index in [1.807, 2.05) is 0 Å². The zero-order chi connectivity index (χ0) is 40.6. The van der Waals surface area contributed by atoms with Gasteiger partial charge in [-0.25, -0.2) is 0 Å². The molecular weight excluding hydrogens is 685 g/mol. The number of hydrogen-bond acceptors (Lipinski definition) is 0. The van der Waals surface area contributed by atoms with Gasteiger partial charge >= 0.3 is 0 Å². The number of benzene rings is 8. The predicted molar refractivity (Wildman–Crippen MR) is 251 cm³/mol. The number of hydrogen-bond donors (Lipinski definition) is 0. The molecule has 0 aliphatic carbocycles. The van der Waals surface area contributed by atoms with E-state index in [4.69, 9.17) is 0 Å². The Morgan fingerprint density at radius 3 is 0.912 bits per heavy atom. The van der Waals surface area contributed by atoms with Crippen LogP contribution in [0, 0.1) is 20.8 Å². The molecule has 0 heterocycles. The quantitative estimate of drug-likeness (QED) is 0.158. The Balaban J connectivity index is 1.72. The summed E-state index contributed by atoms with van der Waals surface area (Å²) >= 11 is 0. The maximum Gasteiger partial charge on any atom is -0.000139 e. The van der Waals surface area contributed by atoms with Gasteiger partial charge in [-0.1, -0.05) is 206 Å². The summed E-state index contributed by atoms with van der Waals surface area (Å²) in [5.74, 6) is 0. The van der Waals surface area contributed by atoms with Gasteiger partial charge in [0.1, 0.15) is 0 Å². The fraction of sp³-hybridized carbons (Fsp3) is 0.263. The molecule has 8 rings (SSSR count). The van der Waals surface area contributed by atoms with E-state index in [1.54, 1.807) is 0 Å². The first kappa shape index (κ1) is 38.4. The summed E-state index contributed by atoms with van der Waals surface area (Å²) < 4.78 is 0. The van der Waals surface area contributed by atoms with Gasteiger partial charge in [-0.3, -0.25) is 0 Å². The van der Waals surface area contributed by atoms with Gasteiger partial charge in [-0.15, -0.1) is 0 Å². The van der Waals surface area contributed by atoms with Crippen molar-refractivity contribution in [1.29, 1.82) is 0 Å². The van der Waals surface area contributed by atoms with Crippen LogP contribution in [0.25, 0.3) is 76.8 Å². The summed E-state index contributed by atoms with van der Waals surface area (Å²) in [5, 5.41) is 7.76. The fourth-order valence-corrected chi connectivity index (χ4v) is 8.72. The molecule has 0 nitrogen and oxygen atoms in total. The molecule has 0 saturated carbocycles. The standard InChI is InChI=1S/C57H58/c1-35-13-18-38(19-14-35)49-45-31-17-37(3)33-47(45)51(41-24-28-43(29-25-41)56(7,8)9)53-50(40-22-26-42(27-23-40)55(4,5)6)46-32-30-44(57(10,11)12)34-48(46)52(54(49)53)39-20-15-36(2)16-21-39/h13-34H,1-12H3. The van der Waals surface area contributed by atoms with Gasteiger partial charge in [0.05, 0.1) is 0 Å². The minimum absolute atomic E-state index is 0.0249. The zero-order valence-corrected chi connectivity index (χ0v) is 36.2. The van der Waals surface area contributed by atoms with Crippen LogP contribution in [-0.2, 0) is 16.2 Å². The van der Waals surface area contributed by atoms with Crippen LogP contribution in [0.5, 0.6) is 0 Å². The highest BCUT2D eigenvalue weighted by molar-refractivity contribution is 6.34. The smallest absolute Gasteiger partial charge is 0.000139 e. The third kappa shape index (κ3) is 6.99. The average Bonchev–Trinajstić information content (AvgIpc) is 3.16. The van der Waals surface area contributed by atoms with Crippen molar-refractivity contribution in [2.45, 2.75) is 99.3 Å². The molecule has 0 aromatic heterocycles. The molecule has 57 heavy (non-hydrogen) atoms. The van der Waals surface area contributed by atoms with Gasteiger partial charge in [0.25, 0.3) is 0 Å². The zero-order valence-electron chi connectivity index (χ0n) is 36.2. The second kappa shape index (κ2) is 13.9. The van der Waals surface area contributed by atoms with Crippen molar-refractivity contribution in [3.8, 4) is 44.5 Å². The lowest BCUT2D eigenvalue weighted by molar-refractivity contribution is 0.590. The Hall–Kier alpha value is -5.46. The molecule has 0 spiro atoms. The number of fused-ring (bicyclic) bond motifs is 3. The molecule has 286 valence electrons. The summed E-state index contributed by atoms with van der Waals surface area (Å²) in [4.78, 5) is 0. The summed E-state index contributed by atoms with van der Waals surface area (Å²) in [6.07, 6.45) is 0. The van der Waals surface area contributed by atoms with Crippen molar-refractivity contribution >= 4 is 32.3 Å². The van der Waals surface area contributed by atoms with Gasteiger partial charge in [0.15, 0.2) is 0 Å². The summed E-state index contributed by atoms with van der Waals surface area (Å²) in [6, 6.07) is 51.9. The van der Waals surface area contributed by atoms with Crippen molar-refractivity contribution in [1.82, 2.24) is 0 Å². The third-order valence-corrected chi connectivity index (χ3v) is 12.1. The molecule has 0 aliphatic heterocycles. The van der Waals surface area contributed by atoms with E-state index in [2.05, 4.69) is 217 Å². The largest absolute Gasteiger partial charge is 0.0587 e. The van der Waals surface area contributed by atoms with Crippen molar-refractivity contribution in [2.24, 2.45) is 0 Å². The Labute approximate surface area is 341 Å². The molecule has 0 saturated heterocycles. The third-order valence-electron chi connectivity index (χ3n) is 12.1. The second-order valence-electron chi connectivity index (χ2n) is 19.7. The van der Waals surface area contributed by atoms with Crippen LogP contribution in [0.2, 0.25) is 0 Å². The minimum Gasteiger partial charge on any atom is -0.0587 e. The van der Waals surface area contributed by atoms with Crippen LogP contribution < -0.4 is 0 Å². The molecule has 0 fully saturated rings. The van der Waals surface area contributed by atoms with Crippen LogP contribution in [0.1, 0.15) is 95.7 Å². The lowest BCUT2D eigenvalue weighted by atomic mass is 9.75. The van der Waals surface area contributed by atoms with E-state index >= 15 is 0 Å². The van der Waals surface area contributed by atoms with E-state index in [0.717, 1.165) is 0 Å². The number of rotatable bonds is 4. The van der Waals surface area contributed by atoms with E-state index in [0.29, 0.717) is 0 Å². The maximum atomic E-state index is 2.51. The molecule has 0 bridgehead atoms. The molecule has 0 aliphatic rings. The first-order chi connectivity index (χ1) is 26.9. The Morgan fingerprint density at radius 2 is 0.544 bits per heavy atom. The molecule has 0 N–H and O–H groups in total. The summed E-state index contributed by atoms with van der Waals surface area (Å²) in [7, 11) is 0. The van der Waals surface area contributed by atoms with Gasteiger partial charge in [-0.2, -0.15) is 0 Å². The lowest BCUT2D eigenvalue weighted by Crippen LogP contribution is -2.11. The van der Waals surface area contributed by atoms with Crippen LogP contribution in [0.4, 0.5) is 0 Å². The summed E-state index contributed by atoms with van der Waals surface area (Å²) in [6.45, 7) is 27.4. The Morgan fingerprint density at radius 1 is 0.263 bits per heavy atom. The maximum absolute atomic E-state index is 2.51. The van der Waals surface area contributed by atoms with Gasteiger partial charge in [0.2, 0.25) is 0 Å². The van der Waals surface area contributed by atoms with Crippen LogP contribution in [-0.4, -0.2) is 0 Å². The highest BCUT2D eigenvalue weighted by Gasteiger charge is 2.28. The Bertz CT molecular complexity index is 2790. The molecule has 0 unspecified atom stereocenters. The summed E-state index contributed by atoms with van der Waals surface area (Å²) in [5.41, 5.74) is 18.0. The second-order valence-corrected chi connectivity index (χ2v) is 19.7. The molecular formula is C57H58. The van der Waals surface area contributed by atoms with Crippen molar-refractivity contribution < 1.29 is 0 Å². The monoisotopic (exact) mass is 742 g/mol. The van der Waals surface area contributed by atoms with Crippen molar-refractivity contribution in [2.75, 3.05) is 0 Å². The van der Waals surface area contributed by atoms with Gasteiger partial charge < -0.3 is 0 Å². The fourth-order valence-electron chi connectivity index (χ4n) is 8.72.